The largest absolute Gasteiger partial charge is 0.280 e. The summed E-state index contributed by atoms with van der Waals surface area (Å²) in [6.07, 6.45) is 0. The highest BCUT2D eigenvalue weighted by Crippen LogP contribution is 2.28. The van der Waals surface area contributed by atoms with Crippen LogP contribution in [0.5, 0.6) is 0 Å². The fraction of sp³-hybridized carbons (Fsp3) is 0.0909. The molecule has 0 saturated carbocycles. The van der Waals surface area contributed by atoms with Crippen LogP contribution in [-0.2, 0) is 6.54 Å². The zero-order chi connectivity index (χ0) is 18.1. The molecular weight excluding hydrogens is 324 g/mol. The van der Waals surface area contributed by atoms with E-state index in [9.17, 15) is 9.59 Å². The number of anilines is 1. The molecule has 0 aromatic heterocycles. The van der Waals surface area contributed by atoms with Gasteiger partial charge >= 0.3 is 0 Å². The minimum Gasteiger partial charge on any atom is -0.271 e. The quantitative estimate of drug-likeness (QED) is 0.667. The summed E-state index contributed by atoms with van der Waals surface area (Å²) in [7, 11) is 0. The molecular formula is C22H18N2O2. The third kappa shape index (κ3) is 2.75. The van der Waals surface area contributed by atoms with E-state index in [-0.39, 0.29) is 11.8 Å². The molecule has 3 aromatic rings. The van der Waals surface area contributed by atoms with Crippen LogP contribution in [0.3, 0.4) is 0 Å². The van der Waals surface area contributed by atoms with Crippen molar-refractivity contribution in [1.82, 2.24) is 5.01 Å². The molecule has 0 spiro atoms. The second-order valence-corrected chi connectivity index (χ2v) is 6.35. The maximum absolute atomic E-state index is 12.9. The van der Waals surface area contributed by atoms with Gasteiger partial charge in [-0.3, -0.25) is 14.6 Å². The highest BCUT2D eigenvalue weighted by molar-refractivity contribution is 6.22. The summed E-state index contributed by atoms with van der Waals surface area (Å²) in [6, 6.07) is 24.6. The van der Waals surface area contributed by atoms with Crippen molar-refractivity contribution in [2.75, 3.05) is 5.01 Å². The predicted octanol–water partition coefficient (Wildman–Crippen LogP) is 4.21. The molecule has 0 aliphatic carbocycles. The molecule has 0 saturated heterocycles. The first-order chi connectivity index (χ1) is 12.6. The molecule has 128 valence electrons. The van der Waals surface area contributed by atoms with E-state index in [0.717, 1.165) is 11.3 Å². The highest BCUT2D eigenvalue weighted by Gasteiger charge is 2.39. The van der Waals surface area contributed by atoms with E-state index in [2.05, 4.69) is 0 Å². The Labute approximate surface area is 152 Å². The maximum Gasteiger partial charge on any atom is 0.280 e. The number of benzene rings is 3. The number of carbonyl (C=O) groups excluding carboxylic acids is 2. The van der Waals surface area contributed by atoms with Crippen LogP contribution in [0.1, 0.15) is 31.8 Å². The number of nitrogens with zero attached hydrogens (tertiary/aromatic N) is 2. The van der Waals surface area contributed by atoms with Crippen molar-refractivity contribution in [1.29, 1.82) is 0 Å². The molecule has 1 aliphatic heterocycles. The number of rotatable bonds is 4. The monoisotopic (exact) mass is 342 g/mol. The van der Waals surface area contributed by atoms with E-state index >= 15 is 0 Å². The summed E-state index contributed by atoms with van der Waals surface area (Å²) in [6.45, 7) is 2.46. The molecule has 4 nitrogen and oxygen atoms in total. The van der Waals surface area contributed by atoms with Crippen molar-refractivity contribution < 1.29 is 9.59 Å². The van der Waals surface area contributed by atoms with Crippen LogP contribution in [-0.4, -0.2) is 16.8 Å². The van der Waals surface area contributed by atoms with Gasteiger partial charge in [-0.15, -0.1) is 0 Å². The Morgan fingerprint density at radius 1 is 0.731 bits per heavy atom. The van der Waals surface area contributed by atoms with Crippen molar-refractivity contribution in [2.45, 2.75) is 13.5 Å². The Hall–Kier alpha value is -3.40. The first-order valence-electron chi connectivity index (χ1n) is 8.51. The molecule has 1 heterocycles. The summed E-state index contributed by atoms with van der Waals surface area (Å²) < 4.78 is 0. The van der Waals surface area contributed by atoms with Gasteiger partial charge in [0.2, 0.25) is 0 Å². The summed E-state index contributed by atoms with van der Waals surface area (Å²) in [5, 5.41) is 3.00. The Morgan fingerprint density at radius 2 is 1.27 bits per heavy atom. The number of fused-ring (bicyclic) bond motifs is 1. The number of amides is 2. The molecule has 4 heteroatoms. The van der Waals surface area contributed by atoms with Crippen LogP contribution in [0.2, 0.25) is 0 Å². The van der Waals surface area contributed by atoms with E-state index in [0.29, 0.717) is 17.7 Å². The molecule has 2 amide bonds. The number of hydrogen-bond acceptors (Lipinski definition) is 3. The third-order valence-electron chi connectivity index (χ3n) is 4.52. The Morgan fingerprint density at radius 3 is 1.85 bits per heavy atom. The number of para-hydroxylation sites is 1. The van der Waals surface area contributed by atoms with E-state index in [4.69, 9.17) is 0 Å². The average molecular weight is 342 g/mol. The zero-order valence-corrected chi connectivity index (χ0v) is 14.4. The van der Waals surface area contributed by atoms with Gasteiger partial charge in [-0.25, -0.2) is 0 Å². The molecule has 4 rings (SSSR count). The van der Waals surface area contributed by atoms with Gasteiger partial charge in [-0.2, -0.15) is 5.01 Å². The lowest BCUT2D eigenvalue weighted by Crippen LogP contribution is -2.46. The predicted molar refractivity (Wildman–Crippen MR) is 101 cm³/mol. The first-order valence-corrected chi connectivity index (χ1v) is 8.51. The average Bonchev–Trinajstić information content (AvgIpc) is 2.93. The van der Waals surface area contributed by atoms with Crippen molar-refractivity contribution in [3.63, 3.8) is 0 Å². The minimum absolute atomic E-state index is 0.290. The molecule has 0 fully saturated rings. The van der Waals surface area contributed by atoms with E-state index < -0.39 is 0 Å². The number of carbonyl (C=O) groups is 2. The van der Waals surface area contributed by atoms with Crippen molar-refractivity contribution in [3.05, 3.63) is 101 Å². The fourth-order valence-corrected chi connectivity index (χ4v) is 3.14. The zero-order valence-electron chi connectivity index (χ0n) is 14.4. The van der Waals surface area contributed by atoms with Crippen molar-refractivity contribution >= 4 is 17.5 Å². The number of hydrogen-bond donors (Lipinski definition) is 0. The first kappa shape index (κ1) is 16.1. The molecule has 0 radical (unpaired) electrons. The van der Waals surface area contributed by atoms with Gasteiger partial charge in [0, 0.05) is 0 Å². The number of hydrazine groups is 1. The SMILES string of the molecule is Cc1ccc(CN(c2ccccc2)N2C(=O)c3ccccc3C2=O)cc1. The summed E-state index contributed by atoms with van der Waals surface area (Å²) in [4.78, 5) is 25.9. The summed E-state index contributed by atoms with van der Waals surface area (Å²) in [5.74, 6) is -0.580. The van der Waals surface area contributed by atoms with Crippen molar-refractivity contribution in [3.8, 4) is 0 Å². The summed E-state index contributed by atoms with van der Waals surface area (Å²) >= 11 is 0. The Bertz CT molecular complexity index is 930. The molecule has 26 heavy (non-hydrogen) atoms. The van der Waals surface area contributed by atoms with Crippen molar-refractivity contribution in [2.24, 2.45) is 0 Å². The lowest BCUT2D eigenvalue weighted by atomic mass is 10.1. The normalized spacial score (nSPS) is 13.0. The van der Waals surface area contributed by atoms with Gasteiger partial charge < -0.3 is 0 Å². The summed E-state index contributed by atoms with van der Waals surface area (Å²) in [5.41, 5.74) is 3.88. The van der Waals surface area contributed by atoms with Gasteiger partial charge in [0.1, 0.15) is 0 Å². The molecule has 0 N–H and O–H groups in total. The fourth-order valence-electron chi connectivity index (χ4n) is 3.14. The van der Waals surface area contributed by atoms with E-state index in [1.165, 1.54) is 10.6 Å². The van der Waals surface area contributed by atoms with E-state index in [1.807, 2.05) is 61.5 Å². The topological polar surface area (TPSA) is 40.6 Å². The Balaban J connectivity index is 1.75. The second kappa shape index (κ2) is 6.48. The lowest BCUT2D eigenvalue weighted by Gasteiger charge is -2.32. The van der Waals surface area contributed by atoms with Gasteiger partial charge in [0.05, 0.1) is 23.4 Å². The molecule has 0 atom stereocenters. The van der Waals surface area contributed by atoms with Gasteiger partial charge in [-0.05, 0) is 36.8 Å². The van der Waals surface area contributed by atoms with Crippen LogP contribution >= 0.6 is 0 Å². The lowest BCUT2D eigenvalue weighted by molar-refractivity contribution is 0.0631. The van der Waals surface area contributed by atoms with Gasteiger partial charge in [0.15, 0.2) is 0 Å². The molecule has 1 aliphatic rings. The molecule has 0 unspecified atom stereocenters. The maximum atomic E-state index is 12.9. The molecule has 0 bridgehead atoms. The number of aryl methyl sites for hydroxylation is 1. The van der Waals surface area contributed by atoms with Crippen LogP contribution in [0.25, 0.3) is 0 Å². The van der Waals surface area contributed by atoms with Crippen LogP contribution in [0.15, 0.2) is 78.9 Å². The minimum atomic E-state index is -0.290. The number of imide groups is 1. The smallest absolute Gasteiger partial charge is 0.271 e. The highest BCUT2D eigenvalue weighted by atomic mass is 16.2. The van der Waals surface area contributed by atoms with Gasteiger partial charge in [0.25, 0.3) is 11.8 Å². The van der Waals surface area contributed by atoms with Crippen LogP contribution < -0.4 is 5.01 Å². The third-order valence-corrected chi connectivity index (χ3v) is 4.52. The van der Waals surface area contributed by atoms with Crippen LogP contribution in [0, 0.1) is 6.92 Å². The van der Waals surface area contributed by atoms with Crippen LogP contribution in [0.4, 0.5) is 5.69 Å². The second-order valence-electron chi connectivity index (χ2n) is 6.35. The van der Waals surface area contributed by atoms with Gasteiger partial charge in [-0.1, -0.05) is 60.2 Å². The van der Waals surface area contributed by atoms with E-state index in [1.54, 1.807) is 29.3 Å². The Kier molecular flexibility index (Phi) is 4.01. The standard InChI is InChI=1S/C22H18N2O2/c1-16-11-13-17(14-12-16)15-23(18-7-3-2-4-8-18)24-21(25)19-9-5-6-10-20(19)22(24)26/h2-14H,15H2,1H3. The molecule has 3 aromatic carbocycles.